The van der Waals surface area contributed by atoms with Crippen LogP contribution in [0.5, 0.6) is 0 Å². The molecule has 1 amide bonds. The van der Waals surface area contributed by atoms with Crippen molar-refractivity contribution in [3.63, 3.8) is 0 Å². The molecule has 0 atom stereocenters. The highest BCUT2D eigenvalue weighted by atomic mass is 32.2. The van der Waals surface area contributed by atoms with Gasteiger partial charge >= 0.3 is 0 Å². The van der Waals surface area contributed by atoms with Gasteiger partial charge in [-0.3, -0.25) is 4.79 Å². The average Bonchev–Trinajstić information content (AvgIpc) is 3.05. The Morgan fingerprint density at radius 2 is 1.92 bits per heavy atom. The van der Waals surface area contributed by atoms with Crippen LogP contribution in [0.15, 0.2) is 35.5 Å². The number of carbonyl (C=O) groups is 1. The lowest BCUT2D eigenvalue weighted by atomic mass is 9.87. The highest BCUT2D eigenvalue weighted by molar-refractivity contribution is 7.99. The van der Waals surface area contributed by atoms with E-state index in [0.29, 0.717) is 11.8 Å². The van der Waals surface area contributed by atoms with Crippen molar-refractivity contribution < 1.29 is 4.79 Å². The van der Waals surface area contributed by atoms with E-state index < -0.39 is 0 Å². The monoisotopic (exact) mass is 358 g/mol. The SMILES string of the molecule is CCn1c(SCC(=O)NC2CCC(C)CC2)nnc1-c1ccccc1. The summed E-state index contributed by atoms with van der Waals surface area (Å²) in [6, 6.07) is 10.4. The number of aromatic nitrogens is 3. The zero-order chi connectivity index (χ0) is 17.6. The van der Waals surface area contributed by atoms with E-state index in [0.717, 1.165) is 41.8 Å². The van der Waals surface area contributed by atoms with Gasteiger partial charge in [0.1, 0.15) is 0 Å². The molecule has 1 heterocycles. The summed E-state index contributed by atoms with van der Waals surface area (Å²) in [5.74, 6) is 2.13. The molecule has 134 valence electrons. The normalized spacial score (nSPS) is 20.4. The predicted molar refractivity (Wildman–Crippen MR) is 101 cm³/mol. The molecule has 0 spiro atoms. The number of carbonyl (C=O) groups excluding carboxylic acids is 1. The van der Waals surface area contributed by atoms with E-state index in [-0.39, 0.29) is 5.91 Å². The standard InChI is InChI=1S/C19H26N4OS/c1-3-23-18(15-7-5-4-6-8-15)21-22-19(23)25-13-17(24)20-16-11-9-14(2)10-12-16/h4-8,14,16H,3,9-13H2,1-2H3,(H,20,24). The maximum absolute atomic E-state index is 12.3. The van der Waals surface area contributed by atoms with E-state index in [1.165, 1.54) is 24.6 Å². The Balaban J connectivity index is 1.58. The quantitative estimate of drug-likeness (QED) is 0.799. The first kappa shape index (κ1) is 18.0. The molecule has 1 N–H and O–H groups in total. The van der Waals surface area contributed by atoms with Gasteiger partial charge in [-0.2, -0.15) is 0 Å². The molecule has 0 bridgehead atoms. The maximum Gasteiger partial charge on any atom is 0.230 e. The Morgan fingerprint density at radius 1 is 1.20 bits per heavy atom. The minimum absolute atomic E-state index is 0.0940. The van der Waals surface area contributed by atoms with E-state index in [1.807, 2.05) is 30.3 Å². The molecular formula is C19H26N4OS. The Labute approximate surface area is 153 Å². The third-order valence-electron chi connectivity index (χ3n) is 4.78. The number of rotatable bonds is 6. The Morgan fingerprint density at radius 3 is 2.60 bits per heavy atom. The van der Waals surface area contributed by atoms with Gasteiger partial charge in [0.15, 0.2) is 11.0 Å². The molecule has 3 rings (SSSR count). The summed E-state index contributed by atoms with van der Waals surface area (Å²) in [4.78, 5) is 12.3. The molecule has 1 fully saturated rings. The molecule has 0 unspecified atom stereocenters. The van der Waals surface area contributed by atoms with Crippen molar-refractivity contribution in [1.82, 2.24) is 20.1 Å². The number of thioether (sulfide) groups is 1. The van der Waals surface area contributed by atoms with Crippen LogP contribution in [0.4, 0.5) is 0 Å². The van der Waals surface area contributed by atoms with Crippen LogP contribution in [-0.2, 0) is 11.3 Å². The molecule has 6 heteroatoms. The fourth-order valence-corrected chi connectivity index (χ4v) is 4.10. The third kappa shape index (κ3) is 4.63. The molecule has 25 heavy (non-hydrogen) atoms. The molecule has 1 aromatic carbocycles. The van der Waals surface area contributed by atoms with Crippen molar-refractivity contribution in [2.75, 3.05) is 5.75 Å². The summed E-state index contributed by atoms with van der Waals surface area (Å²) in [6.07, 6.45) is 4.62. The lowest BCUT2D eigenvalue weighted by Crippen LogP contribution is -2.38. The molecule has 5 nitrogen and oxygen atoms in total. The maximum atomic E-state index is 12.3. The Hall–Kier alpha value is -1.82. The van der Waals surface area contributed by atoms with Crippen molar-refractivity contribution in [1.29, 1.82) is 0 Å². The van der Waals surface area contributed by atoms with Crippen LogP contribution in [0.1, 0.15) is 39.5 Å². The van der Waals surface area contributed by atoms with E-state index >= 15 is 0 Å². The zero-order valence-corrected chi connectivity index (χ0v) is 15.8. The fraction of sp³-hybridized carbons (Fsp3) is 0.526. The van der Waals surface area contributed by atoms with Gasteiger partial charge in [0, 0.05) is 18.2 Å². The predicted octanol–water partition coefficient (Wildman–Crippen LogP) is 3.75. The molecule has 1 aromatic heterocycles. The number of amides is 1. The van der Waals surface area contributed by atoms with Crippen molar-refractivity contribution >= 4 is 17.7 Å². The van der Waals surface area contributed by atoms with Crippen molar-refractivity contribution in [2.24, 2.45) is 5.92 Å². The van der Waals surface area contributed by atoms with Gasteiger partial charge in [-0.15, -0.1) is 10.2 Å². The highest BCUT2D eigenvalue weighted by Gasteiger charge is 2.20. The fourth-order valence-electron chi connectivity index (χ4n) is 3.29. The summed E-state index contributed by atoms with van der Waals surface area (Å²) < 4.78 is 2.07. The van der Waals surface area contributed by atoms with Gasteiger partial charge in [-0.05, 0) is 38.5 Å². The van der Waals surface area contributed by atoms with Gasteiger partial charge in [-0.25, -0.2) is 0 Å². The van der Waals surface area contributed by atoms with Crippen LogP contribution in [0.2, 0.25) is 0 Å². The third-order valence-corrected chi connectivity index (χ3v) is 5.75. The lowest BCUT2D eigenvalue weighted by molar-refractivity contribution is -0.119. The Bertz CT molecular complexity index is 693. The second-order valence-corrected chi connectivity index (χ2v) is 7.67. The summed E-state index contributed by atoms with van der Waals surface area (Å²) in [7, 11) is 0. The molecule has 2 aromatic rings. The van der Waals surface area contributed by atoms with E-state index in [2.05, 4.69) is 33.9 Å². The molecule has 1 aliphatic carbocycles. The molecule has 0 radical (unpaired) electrons. The second-order valence-electron chi connectivity index (χ2n) is 6.73. The van der Waals surface area contributed by atoms with Crippen molar-refractivity contribution in [2.45, 2.75) is 57.3 Å². The van der Waals surface area contributed by atoms with E-state index in [9.17, 15) is 4.79 Å². The van der Waals surface area contributed by atoms with Gasteiger partial charge < -0.3 is 9.88 Å². The first-order valence-corrected chi connectivity index (χ1v) is 10.1. The van der Waals surface area contributed by atoms with Gasteiger partial charge in [0.2, 0.25) is 5.91 Å². The molecule has 1 aliphatic rings. The first-order chi connectivity index (χ1) is 12.2. The first-order valence-electron chi connectivity index (χ1n) is 9.08. The van der Waals surface area contributed by atoms with Gasteiger partial charge in [0.05, 0.1) is 5.75 Å². The van der Waals surface area contributed by atoms with Gasteiger partial charge in [-0.1, -0.05) is 49.0 Å². The highest BCUT2D eigenvalue weighted by Crippen LogP contribution is 2.25. The topological polar surface area (TPSA) is 59.8 Å². The lowest BCUT2D eigenvalue weighted by Gasteiger charge is -2.26. The Kier molecular flexibility index (Phi) is 6.13. The van der Waals surface area contributed by atoms with E-state index in [1.54, 1.807) is 0 Å². The summed E-state index contributed by atoms with van der Waals surface area (Å²) in [5, 5.41) is 12.6. The second kappa shape index (κ2) is 8.52. The number of nitrogens with zero attached hydrogens (tertiary/aromatic N) is 3. The summed E-state index contributed by atoms with van der Waals surface area (Å²) >= 11 is 1.46. The minimum Gasteiger partial charge on any atom is -0.353 e. The summed E-state index contributed by atoms with van der Waals surface area (Å²) in [6.45, 7) is 5.14. The summed E-state index contributed by atoms with van der Waals surface area (Å²) in [5.41, 5.74) is 1.05. The smallest absolute Gasteiger partial charge is 0.230 e. The van der Waals surface area contributed by atoms with Crippen molar-refractivity contribution in [3.05, 3.63) is 30.3 Å². The van der Waals surface area contributed by atoms with Crippen LogP contribution >= 0.6 is 11.8 Å². The average molecular weight is 359 g/mol. The zero-order valence-electron chi connectivity index (χ0n) is 14.9. The van der Waals surface area contributed by atoms with Crippen LogP contribution in [0, 0.1) is 5.92 Å². The number of hydrogen-bond donors (Lipinski definition) is 1. The number of nitrogens with one attached hydrogen (secondary N) is 1. The molecule has 0 saturated heterocycles. The van der Waals surface area contributed by atoms with Crippen LogP contribution in [-0.4, -0.2) is 32.5 Å². The van der Waals surface area contributed by atoms with Crippen LogP contribution in [0.25, 0.3) is 11.4 Å². The van der Waals surface area contributed by atoms with E-state index in [4.69, 9.17) is 0 Å². The molecule has 1 saturated carbocycles. The minimum atomic E-state index is 0.0940. The molecule has 0 aliphatic heterocycles. The van der Waals surface area contributed by atoms with Crippen LogP contribution < -0.4 is 5.32 Å². The molecular weight excluding hydrogens is 332 g/mol. The van der Waals surface area contributed by atoms with Crippen LogP contribution in [0.3, 0.4) is 0 Å². The number of hydrogen-bond acceptors (Lipinski definition) is 4. The van der Waals surface area contributed by atoms with Gasteiger partial charge in [0.25, 0.3) is 0 Å². The van der Waals surface area contributed by atoms with Crippen molar-refractivity contribution in [3.8, 4) is 11.4 Å². The number of benzene rings is 1. The largest absolute Gasteiger partial charge is 0.353 e.